The third-order valence-corrected chi connectivity index (χ3v) is 5.85. The van der Waals surface area contributed by atoms with Gasteiger partial charge in [-0.1, -0.05) is 19.1 Å². The fraction of sp³-hybridized carbons (Fsp3) is 0.360. The molecule has 0 spiro atoms. The lowest BCUT2D eigenvalue weighted by atomic mass is 9.95. The van der Waals surface area contributed by atoms with Gasteiger partial charge in [-0.2, -0.15) is 0 Å². The first-order valence-corrected chi connectivity index (χ1v) is 11.2. The Morgan fingerprint density at radius 1 is 1.12 bits per heavy atom. The Morgan fingerprint density at radius 2 is 1.91 bits per heavy atom. The van der Waals surface area contributed by atoms with E-state index in [9.17, 15) is 9.59 Å². The van der Waals surface area contributed by atoms with E-state index in [1.807, 2.05) is 48.2 Å². The molecule has 3 aromatic rings. The summed E-state index contributed by atoms with van der Waals surface area (Å²) in [6.45, 7) is 3.10. The van der Waals surface area contributed by atoms with Gasteiger partial charge in [-0.25, -0.2) is 4.98 Å². The van der Waals surface area contributed by atoms with E-state index in [-0.39, 0.29) is 17.4 Å². The molecule has 1 amide bonds. The number of aromatic amines is 1. The normalized spacial score (nSPS) is 15.2. The second-order valence-electron chi connectivity index (χ2n) is 8.02. The molecular formula is C25H28N4O4. The summed E-state index contributed by atoms with van der Waals surface area (Å²) in [5.74, 6) is 1.99. The van der Waals surface area contributed by atoms with E-state index in [4.69, 9.17) is 9.47 Å². The van der Waals surface area contributed by atoms with Crippen LogP contribution in [0, 0.1) is 0 Å². The number of hydrogen-bond acceptors (Lipinski definition) is 6. The molecule has 0 radical (unpaired) electrons. The highest BCUT2D eigenvalue weighted by atomic mass is 16.5. The van der Waals surface area contributed by atoms with Gasteiger partial charge in [-0.3, -0.25) is 14.6 Å². The van der Waals surface area contributed by atoms with E-state index in [1.165, 1.54) is 6.07 Å². The molecule has 1 aliphatic heterocycles. The maximum atomic E-state index is 13.1. The summed E-state index contributed by atoms with van der Waals surface area (Å²) in [6, 6.07) is 14.3. The van der Waals surface area contributed by atoms with Gasteiger partial charge in [-0.15, -0.1) is 0 Å². The minimum atomic E-state index is -0.556. The number of nitrogens with one attached hydrogen (secondary N) is 1. The lowest BCUT2D eigenvalue weighted by Crippen LogP contribution is -2.45. The molecule has 1 fully saturated rings. The van der Waals surface area contributed by atoms with Crippen molar-refractivity contribution in [2.45, 2.75) is 38.2 Å². The first kappa shape index (κ1) is 22.5. The van der Waals surface area contributed by atoms with Gasteiger partial charge in [0.1, 0.15) is 17.3 Å². The molecule has 0 saturated carbocycles. The van der Waals surface area contributed by atoms with Gasteiger partial charge < -0.3 is 19.4 Å². The monoisotopic (exact) mass is 448 g/mol. The predicted octanol–water partition coefficient (Wildman–Crippen LogP) is 3.40. The zero-order valence-corrected chi connectivity index (χ0v) is 18.9. The number of amides is 1. The van der Waals surface area contributed by atoms with Gasteiger partial charge in [0.2, 0.25) is 0 Å². The van der Waals surface area contributed by atoms with E-state index in [0.717, 1.165) is 12.8 Å². The molecule has 2 aromatic heterocycles. The van der Waals surface area contributed by atoms with Gasteiger partial charge >= 0.3 is 0 Å². The van der Waals surface area contributed by atoms with Crippen molar-refractivity contribution in [2.75, 3.05) is 20.2 Å². The summed E-state index contributed by atoms with van der Waals surface area (Å²) in [6.07, 6.45) is 3.13. The molecule has 1 saturated heterocycles. The van der Waals surface area contributed by atoms with E-state index in [2.05, 4.69) is 15.0 Å². The molecule has 1 aliphatic rings. The second kappa shape index (κ2) is 10.3. The number of hydrogen-bond donors (Lipinski definition) is 1. The fourth-order valence-electron chi connectivity index (χ4n) is 4.04. The number of aromatic nitrogens is 3. The standard InChI is InChI=1S/C25H28N4O4/c1-3-22(33-19-8-6-7-18(15-19)32-2)25(31)29-13-10-17(11-14-29)24-27-21(16-23(30)28-24)20-9-4-5-12-26-20/h4-9,12,15-17,22H,3,10-11,13-14H2,1-2H3,(H,27,28,30)/t22-/m0/s1. The topological polar surface area (TPSA) is 97.4 Å². The molecule has 33 heavy (non-hydrogen) atoms. The maximum Gasteiger partial charge on any atom is 0.263 e. The molecule has 0 aliphatic carbocycles. The third-order valence-electron chi connectivity index (χ3n) is 5.85. The molecule has 1 N–H and O–H groups in total. The Kier molecular flexibility index (Phi) is 7.02. The number of likely N-dealkylation sites (tertiary alicyclic amines) is 1. The minimum absolute atomic E-state index is 0.0255. The Morgan fingerprint density at radius 3 is 2.61 bits per heavy atom. The molecule has 0 unspecified atom stereocenters. The molecule has 4 rings (SSSR count). The summed E-state index contributed by atoms with van der Waals surface area (Å²) < 4.78 is 11.2. The highest BCUT2D eigenvalue weighted by molar-refractivity contribution is 5.81. The van der Waals surface area contributed by atoms with Crippen LogP contribution in [0.15, 0.2) is 59.5 Å². The van der Waals surface area contributed by atoms with Crippen LogP contribution in [0.4, 0.5) is 0 Å². The Labute approximate surface area is 192 Å². The van der Waals surface area contributed by atoms with Crippen molar-refractivity contribution < 1.29 is 14.3 Å². The van der Waals surface area contributed by atoms with E-state index in [0.29, 0.717) is 48.2 Å². The van der Waals surface area contributed by atoms with Gasteiger partial charge in [0, 0.05) is 37.3 Å². The summed E-state index contributed by atoms with van der Waals surface area (Å²) in [5, 5.41) is 0. The Hall–Kier alpha value is -3.68. The number of nitrogens with zero attached hydrogens (tertiary/aromatic N) is 3. The highest BCUT2D eigenvalue weighted by Crippen LogP contribution is 2.27. The zero-order valence-electron chi connectivity index (χ0n) is 18.9. The number of pyridine rings is 1. The zero-order chi connectivity index (χ0) is 23.2. The van der Waals surface area contributed by atoms with Crippen molar-refractivity contribution in [1.82, 2.24) is 19.9 Å². The van der Waals surface area contributed by atoms with E-state index < -0.39 is 6.10 Å². The van der Waals surface area contributed by atoms with Crippen LogP contribution in [0.3, 0.4) is 0 Å². The largest absolute Gasteiger partial charge is 0.497 e. The fourth-order valence-corrected chi connectivity index (χ4v) is 4.04. The lowest BCUT2D eigenvalue weighted by molar-refractivity contribution is -0.140. The average molecular weight is 449 g/mol. The minimum Gasteiger partial charge on any atom is -0.497 e. The number of rotatable bonds is 7. The molecule has 1 aromatic carbocycles. The smallest absolute Gasteiger partial charge is 0.263 e. The first-order valence-electron chi connectivity index (χ1n) is 11.2. The van der Waals surface area contributed by atoms with Crippen LogP contribution in [0.5, 0.6) is 11.5 Å². The quantitative estimate of drug-likeness (QED) is 0.595. The van der Waals surface area contributed by atoms with Gasteiger partial charge in [0.25, 0.3) is 11.5 Å². The van der Waals surface area contributed by atoms with Crippen LogP contribution in [0.25, 0.3) is 11.4 Å². The molecule has 8 heteroatoms. The molecule has 1 atom stereocenters. The van der Waals surface area contributed by atoms with Crippen molar-refractivity contribution in [3.05, 3.63) is 70.9 Å². The molecule has 8 nitrogen and oxygen atoms in total. The molecule has 3 heterocycles. The van der Waals surface area contributed by atoms with Gasteiger partial charge in [0.15, 0.2) is 6.10 Å². The third kappa shape index (κ3) is 5.39. The van der Waals surface area contributed by atoms with Crippen LogP contribution < -0.4 is 15.0 Å². The molecular weight excluding hydrogens is 420 g/mol. The number of carbonyl (C=O) groups excluding carboxylic acids is 1. The number of methoxy groups -OCH3 is 1. The average Bonchev–Trinajstić information content (AvgIpc) is 2.87. The number of ether oxygens (including phenoxy) is 2. The van der Waals surface area contributed by atoms with Crippen molar-refractivity contribution >= 4 is 5.91 Å². The van der Waals surface area contributed by atoms with Crippen LogP contribution in [-0.2, 0) is 4.79 Å². The van der Waals surface area contributed by atoms with Gasteiger partial charge in [-0.05, 0) is 43.5 Å². The summed E-state index contributed by atoms with van der Waals surface area (Å²) >= 11 is 0. The highest BCUT2D eigenvalue weighted by Gasteiger charge is 2.30. The van der Waals surface area contributed by atoms with Crippen LogP contribution in [-0.4, -0.2) is 52.1 Å². The summed E-state index contributed by atoms with van der Waals surface area (Å²) in [7, 11) is 1.60. The number of benzene rings is 1. The predicted molar refractivity (Wildman–Crippen MR) is 124 cm³/mol. The number of H-pyrrole nitrogens is 1. The Bertz CT molecular complexity index is 1140. The summed E-state index contributed by atoms with van der Waals surface area (Å²) in [4.78, 5) is 39.0. The maximum absolute atomic E-state index is 13.1. The SMILES string of the molecule is CC[C@H](Oc1cccc(OC)c1)C(=O)N1CCC(c2nc(-c3ccccn3)cc(=O)[nH]2)CC1. The Balaban J connectivity index is 1.41. The van der Waals surface area contributed by atoms with E-state index in [1.54, 1.807) is 19.4 Å². The van der Waals surface area contributed by atoms with Crippen molar-refractivity contribution in [1.29, 1.82) is 0 Å². The second-order valence-corrected chi connectivity index (χ2v) is 8.02. The molecule has 172 valence electrons. The van der Waals surface area contributed by atoms with E-state index >= 15 is 0 Å². The number of carbonyl (C=O) groups is 1. The summed E-state index contributed by atoms with van der Waals surface area (Å²) in [5.41, 5.74) is 1.03. The molecule has 0 bridgehead atoms. The van der Waals surface area contributed by atoms with Crippen LogP contribution in [0.1, 0.15) is 37.9 Å². The van der Waals surface area contributed by atoms with Crippen molar-refractivity contribution in [3.8, 4) is 22.9 Å². The van der Waals surface area contributed by atoms with Crippen LogP contribution in [0.2, 0.25) is 0 Å². The van der Waals surface area contributed by atoms with Crippen molar-refractivity contribution in [3.63, 3.8) is 0 Å². The van der Waals surface area contributed by atoms with Crippen LogP contribution >= 0.6 is 0 Å². The van der Waals surface area contributed by atoms with Crippen molar-refractivity contribution in [2.24, 2.45) is 0 Å². The first-order chi connectivity index (χ1) is 16.1. The number of piperidine rings is 1. The lowest BCUT2D eigenvalue weighted by Gasteiger charge is -2.33. The van der Waals surface area contributed by atoms with Gasteiger partial charge in [0.05, 0.1) is 18.5 Å².